The molecule has 0 aliphatic heterocycles. The van der Waals surface area contributed by atoms with Gasteiger partial charge in [-0.05, 0) is 37.4 Å². The molecule has 2 unspecified atom stereocenters. The average molecular weight is 201 g/mol. The third-order valence-electron chi connectivity index (χ3n) is 3.44. The van der Waals surface area contributed by atoms with Crippen molar-refractivity contribution in [1.82, 2.24) is 5.32 Å². The summed E-state index contributed by atoms with van der Waals surface area (Å²) in [4.78, 5) is 0. The normalized spacial score (nSPS) is 21.8. The van der Waals surface area contributed by atoms with Crippen molar-refractivity contribution in [1.29, 1.82) is 0 Å². The monoisotopic (exact) mass is 201 g/mol. The minimum atomic E-state index is 0.409. The maximum absolute atomic E-state index is 3.92. The molecule has 0 radical (unpaired) electrons. The summed E-state index contributed by atoms with van der Waals surface area (Å²) in [5.41, 5.74) is 3.04. The van der Waals surface area contributed by atoms with Gasteiger partial charge in [0.15, 0.2) is 0 Å². The summed E-state index contributed by atoms with van der Waals surface area (Å²) in [5.74, 6) is 0.609. The fourth-order valence-corrected chi connectivity index (χ4v) is 2.65. The predicted molar refractivity (Wildman–Crippen MR) is 65.2 cm³/mol. The van der Waals surface area contributed by atoms with Crippen LogP contribution in [0.2, 0.25) is 0 Å². The molecule has 0 fully saturated rings. The molecule has 0 saturated heterocycles. The highest BCUT2D eigenvalue weighted by atomic mass is 14.9. The van der Waals surface area contributed by atoms with E-state index in [4.69, 9.17) is 0 Å². The van der Waals surface area contributed by atoms with Crippen LogP contribution in [0.15, 0.2) is 36.9 Å². The molecule has 1 aromatic carbocycles. The van der Waals surface area contributed by atoms with Crippen LogP contribution in [0.4, 0.5) is 0 Å². The summed E-state index contributed by atoms with van der Waals surface area (Å²) >= 11 is 0. The van der Waals surface area contributed by atoms with E-state index < -0.39 is 0 Å². The zero-order valence-corrected chi connectivity index (χ0v) is 9.37. The van der Waals surface area contributed by atoms with Crippen LogP contribution in [0.3, 0.4) is 0 Å². The van der Waals surface area contributed by atoms with Crippen molar-refractivity contribution in [3.63, 3.8) is 0 Å². The van der Waals surface area contributed by atoms with E-state index in [1.54, 1.807) is 0 Å². The van der Waals surface area contributed by atoms with E-state index in [2.05, 4.69) is 36.2 Å². The Balaban J connectivity index is 2.32. The molecule has 1 aliphatic carbocycles. The van der Waals surface area contributed by atoms with Crippen molar-refractivity contribution in [2.75, 3.05) is 7.05 Å². The lowest BCUT2D eigenvalue weighted by atomic mass is 9.79. The van der Waals surface area contributed by atoms with Crippen LogP contribution in [-0.2, 0) is 6.42 Å². The Bertz CT molecular complexity index is 343. The highest BCUT2D eigenvalue weighted by Gasteiger charge is 2.24. The Kier molecular flexibility index (Phi) is 3.22. The fourth-order valence-electron chi connectivity index (χ4n) is 2.65. The van der Waals surface area contributed by atoms with E-state index in [1.807, 2.05) is 13.1 Å². The number of rotatable bonds is 3. The Hall–Kier alpha value is -1.08. The molecule has 1 nitrogen and oxygen atoms in total. The molecular formula is C14H19N. The molecule has 0 amide bonds. The van der Waals surface area contributed by atoms with Gasteiger partial charge in [0.1, 0.15) is 0 Å². The topological polar surface area (TPSA) is 12.0 Å². The van der Waals surface area contributed by atoms with Crippen molar-refractivity contribution in [3.8, 4) is 0 Å². The number of aryl methyl sites for hydroxylation is 1. The van der Waals surface area contributed by atoms with Gasteiger partial charge in [-0.3, -0.25) is 0 Å². The molecule has 1 N–H and O–H groups in total. The average Bonchev–Trinajstić information content (AvgIpc) is 2.31. The Morgan fingerprint density at radius 2 is 2.27 bits per heavy atom. The Labute approximate surface area is 92.2 Å². The predicted octanol–water partition coefficient (Wildman–Crippen LogP) is 2.88. The molecule has 0 heterocycles. The zero-order chi connectivity index (χ0) is 10.7. The molecule has 1 aliphatic rings. The number of nitrogens with one attached hydrogen (secondary N) is 1. The van der Waals surface area contributed by atoms with Gasteiger partial charge in [-0.1, -0.05) is 30.3 Å². The van der Waals surface area contributed by atoms with Crippen LogP contribution in [0.5, 0.6) is 0 Å². The second kappa shape index (κ2) is 4.63. The van der Waals surface area contributed by atoms with Gasteiger partial charge in [-0.15, -0.1) is 6.58 Å². The van der Waals surface area contributed by atoms with Crippen molar-refractivity contribution in [2.24, 2.45) is 0 Å². The van der Waals surface area contributed by atoms with E-state index in [0.717, 1.165) is 0 Å². The van der Waals surface area contributed by atoms with Gasteiger partial charge in [-0.2, -0.15) is 0 Å². The second-order valence-electron chi connectivity index (χ2n) is 4.25. The molecule has 80 valence electrons. The van der Waals surface area contributed by atoms with Gasteiger partial charge in [-0.25, -0.2) is 0 Å². The third-order valence-corrected chi connectivity index (χ3v) is 3.44. The molecule has 0 aromatic heterocycles. The number of hydrogen-bond donors (Lipinski definition) is 1. The van der Waals surface area contributed by atoms with Gasteiger partial charge < -0.3 is 5.32 Å². The maximum Gasteiger partial charge on any atom is 0.0313 e. The molecule has 2 rings (SSSR count). The molecule has 0 saturated carbocycles. The number of benzene rings is 1. The van der Waals surface area contributed by atoms with Gasteiger partial charge in [0, 0.05) is 12.0 Å². The molecule has 1 heteroatoms. The summed E-state index contributed by atoms with van der Waals surface area (Å²) in [6.07, 6.45) is 5.84. The lowest BCUT2D eigenvalue weighted by molar-refractivity contribution is 0.467. The van der Waals surface area contributed by atoms with E-state index in [0.29, 0.717) is 12.0 Å². The SMILES string of the molecule is C=CC(NC)C1CCCc2ccccc21. The molecule has 1 aromatic rings. The van der Waals surface area contributed by atoms with Crippen LogP contribution in [0, 0.1) is 0 Å². The van der Waals surface area contributed by atoms with Crippen molar-refractivity contribution < 1.29 is 0 Å². The first-order valence-electron chi connectivity index (χ1n) is 5.74. The standard InChI is InChI=1S/C14H19N/c1-3-14(15-2)13-10-6-8-11-7-4-5-9-12(11)13/h3-5,7,9,13-15H,1,6,8,10H2,2H3. The summed E-state index contributed by atoms with van der Waals surface area (Å²) in [6, 6.07) is 9.23. The highest BCUT2D eigenvalue weighted by Crippen LogP contribution is 2.33. The highest BCUT2D eigenvalue weighted by molar-refractivity contribution is 5.34. The van der Waals surface area contributed by atoms with E-state index in [1.165, 1.54) is 30.4 Å². The van der Waals surface area contributed by atoms with Crippen LogP contribution in [-0.4, -0.2) is 13.1 Å². The van der Waals surface area contributed by atoms with E-state index in [9.17, 15) is 0 Å². The summed E-state index contributed by atoms with van der Waals surface area (Å²) in [6.45, 7) is 3.92. The Morgan fingerprint density at radius 3 is 3.00 bits per heavy atom. The minimum Gasteiger partial charge on any atom is -0.313 e. The van der Waals surface area contributed by atoms with Crippen LogP contribution in [0.1, 0.15) is 29.9 Å². The van der Waals surface area contributed by atoms with Gasteiger partial charge in [0.25, 0.3) is 0 Å². The van der Waals surface area contributed by atoms with Crippen LogP contribution in [0.25, 0.3) is 0 Å². The van der Waals surface area contributed by atoms with E-state index in [-0.39, 0.29) is 0 Å². The smallest absolute Gasteiger partial charge is 0.0313 e. The summed E-state index contributed by atoms with van der Waals surface area (Å²) in [5, 5.41) is 3.34. The number of fused-ring (bicyclic) bond motifs is 1. The lowest BCUT2D eigenvalue weighted by Gasteiger charge is -2.30. The Morgan fingerprint density at radius 1 is 1.47 bits per heavy atom. The maximum atomic E-state index is 3.92. The largest absolute Gasteiger partial charge is 0.313 e. The second-order valence-corrected chi connectivity index (χ2v) is 4.25. The molecule has 0 bridgehead atoms. The zero-order valence-electron chi connectivity index (χ0n) is 9.37. The van der Waals surface area contributed by atoms with Crippen LogP contribution < -0.4 is 5.32 Å². The lowest BCUT2D eigenvalue weighted by Crippen LogP contribution is -2.32. The van der Waals surface area contributed by atoms with Crippen molar-refractivity contribution >= 4 is 0 Å². The minimum absolute atomic E-state index is 0.409. The number of hydrogen-bond acceptors (Lipinski definition) is 1. The molecule has 2 atom stereocenters. The molecule has 15 heavy (non-hydrogen) atoms. The molecular weight excluding hydrogens is 182 g/mol. The quantitative estimate of drug-likeness (QED) is 0.741. The summed E-state index contributed by atoms with van der Waals surface area (Å²) in [7, 11) is 2.02. The van der Waals surface area contributed by atoms with Crippen LogP contribution >= 0.6 is 0 Å². The summed E-state index contributed by atoms with van der Waals surface area (Å²) < 4.78 is 0. The van der Waals surface area contributed by atoms with Crippen molar-refractivity contribution in [2.45, 2.75) is 31.2 Å². The van der Waals surface area contributed by atoms with Gasteiger partial charge in [0.05, 0.1) is 0 Å². The van der Waals surface area contributed by atoms with Crippen molar-refractivity contribution in [3.05, 3.63) is 48.0 Å². The van der Waals surface area contributed by atoms with Gasteiger partial charge in [0.2, 0.25) is 0 Å². The van der Waals surface area contributed by atoms with Gasteiger partial charge >= 0.3 is 0 Å². The first-order valence-corrected chi connectivity index (χ1v) is 5.74. The fraction of sp³-hybridized carbons (Fsp3) is 0.429. The van der Waals surface area contributed by atoms with E-state index >= 15 is 0 Å². The number of likely N-dealkylation sites (N-methyl/N-ethyl adjacent to an activating group) is 1. The first kappa shape index (κ1) is 10.4. The molecule has 0 spiro atoms. The third kappa shape index (κ3) is 1.98. The first-order chi connectivity index (χ1) is 7.36.